The standard InChI is InChI=1S/C14H15N3O2/c1-8-9(2)15-10(3)16-13(8)17-12-6-4-5-11(7-12)14(18)19/h4-7H,1-3H3,(H,18,19)(H,15,16,17). The van der Waals surface area contributed by atoms with Gasteiger partial charge in [0.1, 0.15) is 11.6 Å². The molecule has 2 aromatic rings. The third kappa shape index (κ3) is 2.88. The maximum absolute atomic E-state index is 10.9. The van der Waals surface area contributed by atoms with E-state index in [2.05, 4.69) is 15.3 Å². The van der Waals surface area contributed by atoms with E-state index >= 15 is 0 Å². The van der Waals surface area contributed by atoms with E-state index in [9.17, 15) is 4.79 Å². The van der Waals surface area contributed by atoms with Crippen molar-refractivity contribution >= 4 is 17.5 Å². The molecule has 0 unspecified atom stereocenters. The summed E-state index contributed by atoms with van der Waals surface area (Å²) in [5.41, 5.74) is 2.79. The van der Waals surface area contributed by atoms with Crippen molar-refractivity contribution in [3.8, 4) is 0 Å². The van der Waals surface area contributed by atoms with E-state index in [4.69, 9.17) is 5.11 Å². The second kappa shape index (κ2) is 5.06. The van der Waals surface area contributed by atoms with Crippen molar-refractivity contribution in [1.29, 1.82) is 0 Å². The Bertz CT molecular complexity index is 639. The number of hydrogen-bond donors (Lipinski definition) is 2. The fourth-order valence-electron chi connectivity index (χ4n) is 1.76. The molecular weight excluding hydrogens is 242 g/mol. The van der Waals surface area contributed by atoms with Crippen molar-refractivity contribution in [1.82, 2.24) is 9.97 Å². The van der Waals surface area contributed by atoms with Gasteiger partial charge in [0.15, 0.2) is 0 Å². The number of carboxylic acids is 1. The third-order valence-corrected chi connectivity index (χ3v) is 2.87. The number of hydrogen-bond acceptors (Lipinski definition) is 4. The van der Waals surface area contributed by atoms with Crippen molar-refractivity contribution in [2.75, 3.05) is 5.32 Å². The molecule has 5 heteroatoms. The van der Waals surface area contributed by atoms with Gasteiger partial charge in [0.05, 0.1) is 5.56 Å². The Labute approximate surface area is 111 Å². The topological polar surface area (TPSA) is 75.1 Å². The lowest BCUT2D eigenvalue weighted by Crippen LogP contribution is -2.04. The largest absolute Gasteiger partial charge is 0.478 e. The van der Waals surface area contributed by atoms with Crippen molar-refractivity contribution in [2.24, 2.45) is 0 Å². The van der Waals surface area contributed by atoms with Gasteiger partial charge in [-0.3, -0.25) is 0 Å². The fraction of sp³-hybridized carbons (Fsp3) is 0.214. The van der Waals surface area contributed by atoms with Gasteiger partial charge >= 0.3 is 5.97 Å². The van der Waals surface area contributed by atoms with Gasteiger partial charge in [-0.25, -0.2) is 14.8 Å². The zero-order valence-electron chi connectivity index (χ0n) is 11.1. The van der Waals surface area contributed by atoms with E-state index in [0.29, 0.717) is 17.3 Å². The average Bonchev–Trinajstić information content (AvgIpc) is 2.35. The Balaban J connectivity index is 2.36. The molecule has 0 fully saturated rings. The fourth-order valence-corrected chi connectivity index (χ4v) is 1.76. The number of aryl methyl sites for hydroxylation is 2. The predicted octanol–water partition coefficient (Wildman–Crippen LogP) is 2.84. The molecule has 1 aromatic heterocycles. The van der Waals surface area contributed by atoms with E-state index < -0.39 is 5.97 Å². The molecule has 0 amide bonds. The summed E-state index contributed by atoms with van der Waals surface area (Å²) < 4.78 is 0. The number of carboxylic acid groups (broad SMARTS) is 1. The molecule has 2 rings (SSSR count). The zero-order chi connectivity index (χ0) is 14.0. The number of aromatic nitrogens is 2. The molecular formula is C14H15N3O2. The summed E-state index contributed by atoms with van der Waals surface area (Å²) in [5, 5.41) is 12.1. The lowest BCUT2D eigenvalue weighted by Gasteiger charge is -2.11. The summed E-state index contributed by atoms with van der Waals surface area (Å²) in [6.07, 6.45) is 0. The van der Waals surface area contributed by atoms with Crippen LogP contribution in [0.1, 0.15) is 27.4 Å². The SMILES string of the molecule is Cc1nc(C)c(C)c(Nc2cccc(C(=O)O)c2)n1. The minimum absolute atomic E-state index is 0.241. The van der Waals surface area contributed by atoms with Crippen LogP contribution in [0.3, 0.4) is 0 Å². The van der Waals surface area contributed by atoms with Gasteiger partial charge in [-0.15, -0.1) is 0 Å². The maximum Gasteiger partial charge on any atom is 0.335 e. The number of nitrogens with one attached hydrogen (secondary N) is 1. The van der Waals surface area contributed by atoms with Crippen LogP contribution in [-0.2, 0) is 0 Å². The second-order valence-corrected chi connectivity index (χ2v) is 4.34. The molecule has 0 aliphatic rings. The van der Waals surface area contributed by atoms with Crippen molar-refractivity contribution < 1.29 is 9.90 Å². The van der Waals surface area contributed by atoms with Crippen LogP contribution >= 0.6 is 0 Å². The van der Waals surface area contributed by atoms with Gasteiger partial charge in [-0.05, 0) is 39.0 Å². The summed E-state index contributed by atoms with van der Waals surface area (Å²) in [5.74, 6) is 0.433. The van der Waals surface area contributed by atoms with E-state index in [-0.39, 0.29) is 5.56 Å². The van der Waals surface area contributed by atoms with Crippen LogP contribution < -0.4 is 5.32 Å². The lowest BCUT2D eigenvalue weighted by atomic mass is 10.2. The highest BCUT2D eigenvalue weighted by Crippen LogP contribution is 2.20. The van der Waals surface area contributed by atoms with Crippen LogP contribution in [0.5, 0.6) is 0 Å². The van der Waals surface area contributed by atoms with Gasteiger partial charge in [0, 0.05) is 16.9 Å². The monoisotopic (exact) mass is 257 g/mol. The Morgan fingerprint density at radius 2 is 1.95 bits per heavy atom. The summed E-state index contributed by atoms with van der Waals surface area (Å²) in [6.45, 7) is 5.67. The molecule has 5 nitrogen and oxygen atoms in total. The van der Waals surface area contributed by atoms with Crippen molar-refractivity contribution in [2.45, 2.75) is 20.8 Å². The van der Waals surface area contributed by atoms with Gasteiger partial charge in [0.25, 0.3) is 0 Å². The Hall–Kier alpha value is -2.43. The molecule has 19 heavy (non-hydrogen) atoms. The highest BCUT2D eigenvalue weighted by Gasteiger charge is 2.08. The highest BCUT2D eigenvalue weighted by atomic mass is 16.4. The van der Waals surface area contributed by atoms with E-state index in [0.717, 1.165) is 11.3 Å². The first-order valence-electron chi connectivity index (χ1n) is 5.89. The number of nitrogens with zero attached hydrogens (tertiary/aromatic N) is 2. The first-order valence-corrected chi connectivity index (χ1v) is 5.89. The van der Waals surface area contributed by atoms with Crippen molar-refractivity contribution in [3.63, 3.8) is 0 Å². The molecule has 0 saturated heterocycles. The molecule has 0 spiro atoms. The average molecular weight is 257 g/mol. The van der Waals surface area contributed by atoms with Gasteiger partial charge in [0.2, 0.25) is 0 Å². The molecule has 1 aromatic carbocycles. The van der Waals surface area contributed by atoms with Crippen LogP contribution in [0, 0.1) is 20.8 Å². The van der Waals surface area contributed by atoms with E-state index in [1.807, 2.05) is 20.8 Å². The Kier molecular flexibility index (Phi) is 3.46. The first-order chi connectivity index (χ1) is 8.97. The van der Waals surface area contributed by atoms with E-state index in [1.54, 1.807) is 24.3 Å². The number of carbonyl (C=O) groups is 1. The number of benzene rings is 1. The van der Waals surface area contributed by atoms with E-state index in [1.165, 1.54) is 0 Å². The van der Waals surface area contributed by atoms with Crippen LogP contribution in [0.4, 0.5) is 11.5 Å². The lowest BCUT2D eigenvalue weighted by molar-refractivity contribution is 0.0697. The number of aromatic carboxylic acids is 1. The molecule has 0 aliphatic carbocycles. The summed E-state index contributed by atoms with van der Waals surface area (Å²) in [4.78, 5) is 19.5. The minimum atomic E-state index is -0.949. The molecule has 0 bridgehead atoms. The molecule has 0 atom stereocenters. The zero-order valence-corrected chi connectivity index (χ0v) is 11.1. The molecule has 0 saturated carbocycles. The Morgan fingerprint density at radius 3 is 2.63 bits per heavy atom. The van der Waals surface area contributed by atoms with Crippen LogP contribution in [-0.4, -0.2) is 21.0 Å². The first kappa shape index (κ1) is 13.0. The van der Waals surface area contributed by atoms with Crippen LogP contribution in [0.25, 0.3) is 0 Å². The normalized spacial score (nSPS) is 10.3. The van der Waals surface area contributed by atoms with Gasteiger partial charge in [-0.2, -0.15) is 0 Å². The maximum atomic E-state index is 10.9. The molecule has 0 aliphatic heterocycles. The quantitative estimate of drug-likeness (QED) is 0.884. The summed E-state index contributed by atoms with van der Waals surface area (Å²) in [6, 6.07) is 6.63. The third-order valence-electron chi connectivity index (χ3n) is 2.87. The van der Waals surface area contributed by atoms with Gasteiger partial charge < -0.3 is 10.4 Å². The number of rotatable bonds is 3. The second-order valence-electron chi connectivity index (χ2n) is 4.34. The molecule has 2 N–H and O–H groups in total. The summed E-state index contributed by atoms with van der Waals surface area (Å²) in [7, 11) is 0. The number of anilines is 2. The smallest absolute Gasteiger partial charge is 0.335 e. The molecule has 0 radical (unpaired) electrons. The highest BCUT2D eigenvalue weighted by molar-refractivity contribution is 5.89. The molecule has 98 valence electrons. The predicted molar refractivity (Wildman–Crippen MR) is 72.9 cm³/mol. The molecule has 1 heterocycles. The van der Waals surface area contributed by atoms with Crippen LogP contribution in [0.15, 0.2) is 24.3 Å². The Morgan fingerprint density at radius 1 is 1.21 bits per heavy atom. The van der Waals surface area contributed by atoms with Crippen molar-refractivity contribution in [3.05, 3.63) is 46.9 Å². The van der Waals surface area contributed by atoms with Gasteiger partial charge in [-0.1, -0.05) is 6.07 Å². The summed E-state index contributed by atoms with van der Waals surface area (Å²) >= 11 is 0. The minimum Gasteiger partial charge on any atom is -0.478 e. The van der Waals surface area contributed by atoms with Crippen LogP contribution in [0.2, 0.25) is 0 Å².